The number of likely N-dealkylation sites (tertiary alicyclic amines) is 1. The standard InChI is InChI=1S/C17H25N3/c1-2-6-15-9-11-20(13-15)12-10-17(19,14-18)16-7-4-3-5-8-16/h3-5,7-8,15H,2,6,9-13,19H2,1H3. The normalized spacial score (nSPS) is 22.4. The Kier molecular flexibility index (Phi) is 5.17. The van der Waals surface area contributed by atoms with Gasteiger partial charge in [0.15, 0.2) is 0 Å². The minimum absolute atomic E-state index is 0.701. The SMILES string of the molecule is CCCC1CCN(CCC(N)(C#N)c2ccccc2)C1. The summed E-state index contributed by atoms with van der Waals surface area (Å²) in [4.78, 5) is 2.46. The monoisotopic (exact) mass is 271 g/mol. The van der Waals surface area contributed by atoms with E-state index >= 15 is 0 Å². The first-order chi connectivity index (χ1) is 9.68. The quantitative estimate of drug-likeness (QED) is 0.865. The number of hydrogen-bond acceptors (Lipinski definition) is 3. The van der Waals surface area contributed by atoms with Crippen LogP contribution < -0.4 is 5.73 Å². The average Bonchev–Trinajstić information content (AvgIpc) is 2.94. The number of nitrogens with two attached hydrogens (primary N) is 1. The molecule has 3 heteroatoms. The van der Waals surface area contributed by atoms with Crippen LogP contribution in [0.5, 0.6) is 0 Å². The fourth-order valence-corrected chi connectivity index (χ4v) is 3.09. The van der Waals surface area contributed by atoms with Gasteiger partial charge in [0, 0.05) is 13.1 Å². The maximum Gasteiger partial charge on any atom is 0.131 e. The van der Waals surface area contributed by atoms with E-state index in [0.717, 1.165) is 24.6 Å². The summed E-state index contributed by atoms with van der Waals surface area (Å²) in [6, 6.07) is 12.1. The van der Waals surface area contributed by atoms with Crippen LogP contribution in [0.25, 0.3) is 0 Å². The van der Waals surface area contributed by atoms with Crippen molar-refractivity contribution in [2.75, 3.05) is 19.6 Å². The molecule has 0 amide bonds. The second kappa shape index (κ2) is 6.88. The summed E-state index contributed by atoms with van der Waals surface area (Å²) in [5.41, 5.74) is 6.37. The molecule has 1 saturated heterocycles. The third kappa shape index (κ3) is 3.59. The fraction of sp³-hybridized carbons (Fsp3) is 0.588. The Morgan fingerprint density at radius 3 is 2.80 bits per heavy atom. The lowest BCUT2D eigenvalue weighted by molar-refractivity contribution is 0.292. The molecule has 0 aromatic heterocycles. The van der Waals surface area contributed by atoms with Crippen molar-refractivity contribution >= 4 is 0 Å². The average molecular weight is 271 g/mol. The van der Waals surface area contributed by atoms with Crippen LogP contribution >= 0.6 is 0 Å². The molecule has 1 aliphatic heterocycles. The van der Waals surface area contributed by atoms with Gasteiger partial charge in [-0.2, -0.15) is 5.26 Å². The lowest BCUT2D eigenvalue weighted by atomic mass is 9.89. The van der Waals surface area contributed by atoms with Crippen LogP contribution in [-0.2, 0) is 5.54 Å². The molecule has 0 aliphatic carbocycles. The van der Waals surface area contributed by atoms with Crippen LogP contribution in [0.2, 0.25) is 0 Å². The van der Waals surface area contributed by atoms with Gasteiger partial charge in [-0.25, -0.2) is 0 Å². The first-order valence-electron chi connectivity index (χ1n) is 7.66. The van der Waals surface area contributed by atoms with Gasteiger partial charge < -0.3 is 10.6 Å². The lowest BCUT2D eigenvalue weighted by Crippen LogP contribution is -2.39. The molecule has 0 spiro atoms. The smallest absolute Gasteiger partial charge is 0.131 e. The maximum atomic E-state index is 9.46. The van der Waals surface area contributed by atoms with E-state index in [1.54, 1.807) is 0 Å². The van der Waals surface area contributed by atoms with Gasteiger partial charge in [0.1, 0.15) is 5.54 Å². The Hall–Kier alpha value is -1.37. The molecule has 2 atom stereocenters. The number of nitrogens with zero attached hydrogens (tertiary/aromatic N) is 2. The van der Waals surface area contributed by atoms with Gasteiger partial charge in [0.25, 0.3) is 0 Å². The molecule has 20 heavy (non-hydrogen) atoms. The number of hydrogen-bond donors (Lipinski definition) is 1. The third-order valence-corrected chi connectivity index (χ3v) is 4.38. The molecule has 0 saturated carbocycles. The van der Waals surface area contributed by atoms with Crippen LogP contribution in [0.1, 0.15) is 38.2 Å². The Morgan fingerprint density at radius 1 is 1.40 bits per heavy atom. The van der Waals surface area contributed by atoms with Crippen LogP contribution in [-0.4, -0.2) is 24.5 Å². The molecule has 2 unspecified atom stereocenters. The largest absolute Gasteiger partial charge is 0.310 e. The maximum absolute atomic E-state index is 9.46. The van der Waals surface area contributed by atoms with Crippen LogP contribution in [0.15, 0.2) is 30.3 Å². The summed E-state index contributed by atoms with van der Waals surface area (Å²) in [6.45, 7) is 5.49. The molecule has 1 aromatic rings. The molecule has 3 nitrogen and oxygen atoms in total. The topological polar surface area (TPSA) is 53.0 Å². The molecule has 108 valence electrons. The highest BCUT2D eigenvalue weighted by Crippen LogP contribution is 2.25. The van der Waals surface area contributed by atoms with Gasteiger partial charge in [-0.15, -0.1) is 0 Å². The minimum Gasteiger partial charge on any atom is -0.310 e. The van der Waals surface area contributed by atoms with Crippen molar-refractivity contribution in [3.63, 3.8) is 0 Å². The third-order valence-electron chi connectivity index (χ3n) is 4.38. The second-order valence-corrected chi connectivity index (χ2v) is 5.94. The van der Waals surface area contributed by atoms with E-state index in [1.807, 2.05) is 30.3 Å². The van der Waals surface area contributed by atoms with Crippen LogP contribution in [0.3, 0.4) is 0 Å². The highest BCUT2D eigenvalue weighted by Gasteiger charge is 2.29. The van der Waals surface area contributed by atoms with E-state index in [1.165, 1.54) is 25.8 Å². The zero-order chi connectivity index (χ0) is 14.4. The first-order valence-corrected chi connectivity index (χ1v) is 7.66. The highest BCUT2D eigenvalue weighted by atomic mass is 15.1. The predicted molar refractivity (Wildman–Crippen MR) is 82.0 cm³/mol. The summed E-state index contributed by atoms with van der Waals surface area (Å²) in [7, 11) is 0. The minimum atomic E-state index is -0.857. The second-order valence-electron chi connectivity index (χ2n) is 5.94. The fourth-order valence-electron chi connectivity index (χ4n) is 3.09. The Labute approximate surface area is 122 Å². The molecule has 1 heterocycles. The van der Waals surface area contributed by atoms with Gasteiger partial charge in [-0.05, 0) is 37.3 Å². The van der Waals surface area contributed by atoms with E-state index in [9.17, 15) is 5.26 Å². The van der Waals surface area contributed by atoms with Gasteiger partial charge in [0.2, 0.25) is 0 Å². The Morgan fingerprint density at radius 2 is 2.15 bits per heavy atom. The van der Waals surface area contributed by atoms with Gasteiger partial charge in [-0.3, -0.25) is 0 Å². The molecule has 1 aliphatic rings. The van der Waals surface area contributed by atoms with E-state index in [4.69, 9.17) is 5.73 Å². The van der Waals surface area contributed by atoms with Crippen LogP contribution in [0, 0.1) is 17.2 Å². The molecular weight excluding hydrogens is 246 g/mol. The lowest BCUT2D eigenvalue weighted by Gasteiger charge is -2.25. The molecule has 0 bridgehead atoms. The van der Waals surface area contributed by atoms with E-state index in [-0.39, 0.29) is 0 Å². The van der Waals surface area contributed by atoms with Crippen LogP contribution in [0.4, 0.5) is 0 Å². The zero-order valence-corrected chi connectivity index (χ0v) is 12.4. The van der Waals surface area contributed by atoms with Crippen molar-refractivity contribution in [2.45, 2.75) is 38.1 Å². The molecule has 1 aromatic carbocycles. The van der Waals surface area contributed by atoms with Crippen molar-refractivity contribution in [1.29, 1.82) is 5.26 Å². The number of rotatable bonds is 6. The van der Waals surface area contributed by atoms with Gasteiger partial charge in [-0.1, -0.05) is 43.7 Å². The van der Waals surface area contributed by atoms with E-state index in [2.05, 4.69) is 17.9 Å². The van der Waals surface area contributed by atoms with Crippen molar-refractivity contribution in [2.24, 2.45) is 11.7 Å². The first kappa shape index (κ1) is 15.0. The summed E-state index contributed by atoms with van der Waals surface area (Å²) < 4.78 is 0. The highest BCUT2D eigenvalue weighted by molar-refractivity contribution is 5.30. The van der Waals surface area contributed by atoms with Crippen molar-refractivity contribution in [3.8, 4) is 6.07 Å². The van der Waals surface area contributed by atoms with Crippen molar-refractivity contribution < 1.29 is 0 Å². The Bertz CT molecular complexity index is 451. The molecular formula is C17H25N3. The molecule has 2 rings (SSSR count). The number of nitriles is 1. The number of benzene rings is 1. The predicted octanol–water partition coefficient (Wildman–Crippen LogP) is 2.88. The molecule has 1 fully saturated rings. The summed E-state index contributed by atoms with van der Waals surface area (Å²) in [6.07, 6.45) is 4.58. The van der Waals surface area contributed by atoms with E-state index in [0.29, 0.717) is 6.42 Å². The van der Waals surface area contributed by atoms with Gasteiger partial charge >= 0.3 is 0 Å². The molecule has 0 radical (unpaired) electrons. The molecule has 2 N–H and O–H groups in total. The Balaban J connectivity index is 1.91. The summed E-state index contributed by atoms with van der Waals surface area (Å²) in [5.74, 6) is 0.839. The zero-order valence-electron chi connectivity index (χ0n) is 12.4. The van der Waals surface area contributed by atoms with Crippen molar-refractivity contribution in [1.82, 2.24) is 4.90 Å². The summed E-state index contributed by atoms with van der Waals surface area (Å²) in [5, 5.41) is 9.46. The van der Waals surface area contributed by atoms with Gasteiger partial charge in [0.05, 0.1) is 6.07 Å². The van der Waals surface area contributed by atoms with Crippen molar-refractivity contribution in [3.05, 3.63) is 35.9 Å². The van der Waals surface area contributed by atoms with E-state index < -0.39 is 5.54 Å². The summed E-state index contributed by atoms with van der Waals surface area (Å²) >= 11 is 0.